The number of guanidine groups is 1. The van der Waals surface area contributed by atoms with Gasteiger partial charge >= 0.3 is 0 Å². The number of hydrogen-bond donors (Lipinski definition) is 3. The molecule has 2 aromatic carbocycles. The van der Waals surface area contributed by atoms with Gasteiger partial charge in [-0.3, -0.25) is 15.5 Å². The zero-order valence-corrected chi connectivity index (χ0v) is 12.6. The third kappa shape index (κ3) is 3.03. The monoisotopic (exact) mass is 304 g/mol. The van der Waals surface area contributed by atoms with Crippen molar-refractivity contribution in [2.75, 3.05) is 5.32 Å². The molecule has 1 aromatic heterocycles. The van der Waals surface area contributed by atoms with Gasteiger partial charge in [0.2, 0.25) is 6.41 Å². The molecule has 0 saturated heterocycles. The third-order valence-electron chi connectivity index (χ3n) is 3.60. The fourth-order valence-corrected chi connectivity index (χ4v) is 2.51. The maximum atomic E-state index is 10.5. The van der Waals surface area contributed by atoms with Crippen LogP contribution in [0.3, 0.4) is 0 Å². The number of aryl methyl sites for hydroxylation is 1. The van der Waals surface area contributed by atoms with Crippen molar-refractivity contribution in [3.8, 4) is 11.3 Å². The van der Waals surface area contributed by atoms with E-state index in [-0.39, 0.29) is 5.96 Å². The van der Waals surface area contributed by atoms with Crippen molar-refractivity contribution in [3.63, 3.8) is 0 Å². The number of hydrogen-bond acceptors (Lipinski definition) is 3. The van der Waals surface area contributed by atoms with Gasteiger partial charge in [0.05, 0.1) is 16.9 Å². The van der Waals surface area contributed by atoms with Gasteiger partial charge in [-0.2, -0.15) is 0 Å². The van der Waals surface area contributed by atoms with E-state index in [0.717, 1.165) is 33.4 Å². The average Bonchev–Trinajstić information content (AvgIpc) is 2.55. The molecule has 0 bridgehead atoms. The first-order valence-electron chi connectivity index (χ1n) is 7.20. The van der Waals surface area contributed by atoms with E-state index in [9.17, 15) is 4.79 Å². The Balaban J connectivity index is 2.16. The minimum atomic E-state index is -0.0768. The van der Waals surface area contributed by atoms with E-state index in [1.54, 1.807) is 0 Å². The molecular weight excluding hydrogens is 288 g/mol. The van der Waals surface area contributed by atoms with E-state index < -0.39 is 0 Å². The number of aromatic nitrogens is 1. The largest absolute Gasteiger partial charge is 0.325 e. The van der Waals surface area contributed by atoms with E-state index in [1.807, 2.05) is 61.5 Å². The van der Waals surface area contributed by atoms with Gasteiger partial charge in [0.25, 0.3) is 0 Å². The zero-order chi connectivity index (χ0) is 16.2. The fourth-order valence-electron chi connectivity index (χ4n) is 2.51. The smallest absolute Gasteiger partial charge is 0.213 e. The molecule has 0 aliphatic carbocycles. The summed E-state index contributed by atoms with van der Waals surface area (Å²) in [5.41, 5.74) is 4.55. The van der Waals surface area contributed by atoms with Gasteiger partial charge in [0.15, 0.2) is 5.96 Å². The lowest BCUT2D eigenvalue weighted by Crippen LogP contribution is -2.28. The molecular formula is C18H16N4O. The summed E-state index contributed by atoms with van der Waals surface area (Å²) >= 11 is 0. The van der Waals surface area contributed by atoms with Crippen LogP contribution in [0.5, 0.6) is 0 Å². The molecule has 0 spiro atoms. The number of rotatable bonds is 3. The van der Waals surface area contributed by atoms with Gasteiger partial charge in [0, 0.05) is 10.9 Å². The van der Waals surface area contributed by atoms with Crippen LogP contribution in [0.1, 0.15) is 5.56 Å². The maximum absolute atomic E-state index is 10.5. The van der Waals surface area contributed by atoms with E-state index in [1.165, 1.54) is 0 Å². The summed E-state index contributed by atoms with van der Waals surface area (Å²) in [5.74, 6) is -0.0768. The highest BCUT2D eigenvalue weighted by molar-refractivity contribution is 6.04. The standard InChI is InChI=1S/C18H16N4O/c1-12-6-2-3-7-13(12)16-10-17(22-18(19)20-11-23)14-8-4-5-9-15(14)21-16/h2-11H,1H3,(H3,19,20,21,22,23). The van der Waals surface area contributed by atoms with Gasteiger partial charge in [-0.15, -0.1) is 0 Å². The Kier molecular flexibility index (Phi) is 4.01. The molecule has 114 valence electrons. The Bertz CT molecular complexity index is 889. The molecule has 0 aliphatic rings. The highest BCUT2D eigenvalue weighted by Crippen LogP contribution is 2.29. The number of para-hydroxylation sites is 1. The van der Waals surface area contributed by atoms with E-state index in [4.69, 9.17) is 10.4 Å². The van der Waals surface area contributed by atoms with Gasteiger partial charge in [-0.05, 0) is 24.6 Å². The number of fused-ring (bicyclic) bond motifs is 1. The van der Waals surface area contributed by atoms with Crippen LogP contribution < -0.4 is 10.6 Å². The molecule has 3 aromatic rings. The van der Waals surface area contributed by atoms with Crippen molar-refractivity contribution in [2.24, 2.45) is 0 Å². The number of amides is 1. The molecule has 5 heteroatoms. The van der Waals surface area contributed by atoms with Gasteiger partial charge in [-0.1, -0.05) is 42.5 Å². The molecule has 23 heavy (non-hydrogen) atoms. The molecule has 3 rings (SSSR count). The molecule has 0 atom stereocenters. The SMILES string of the molecule is Cc1ccccc1-c1cc(NC(=N)NC=O)c2ccccc2n1. The van der Waals surface area contributed by atoms with Crippen LogP contribution in [-0.4, -0.2) is 17.4 Å². The summed E-state index contributed by atoms with van der Waals surface area (Å²) in [6.07, 6.45) is 0.473. The molecule has 0 aliphatic heterocycles. The summed E-state index contributed by atoms with van der Waals surface area (Å²) in [6, 6.07) is 17.6. The number of carbonyl (C=O) groups is 1. The van der Waals surface area contributed by atoms with Crippen molar-refractivity contribution in [1.29, 1.82) is 5.41 Å². The Morgan fingerprint density at radius 1 is 1.13 bits per heavy atom. The van der Waals surface area contributed by atoms with Gasteiger partial charge < -0.3 is 5.32 Å². The molecule has 0 radical (unpaired) electrons. The Morgan fingerprint density at radius 2 is 1.87 bits per heavy atom. The first-order chi connectivity index (χ1) is 11.2. The lowest BCUT2D eigenvalue weighted by molar-refractivity contribution is -0.108. The van der Waals surface area contributed by atoms with E-state index in [2.05, 4.69) is 10.6 Å². The van der Waals surface area contributed by atoms with Crippen LogP contribution >= 0.6 is 0 Å². The number of benzene rings is 2. The number of nitrogens with one attached hydrogen (secondary N) is 3. The topological polar surface area (TPSA) is 77.9 Å². The highest BCUT2D eigenvalue weighted by Gasteiger charge is 2.10. The molecule has 1 amide bonds. The van der Waals surface area contributed by atoms with Crippen LogP contribution in [0.2, 0.25) is 0 Å². The second-order valence-corrected chi connectivity index (χ2v) is 5.15. The number of carbonyl (C=O) groups excluding carboxylic acids is 1. The summed E-state index contributed by atoms with van der Waals surface area (Å²) < 4.78 is 0. The first kappa shape index (κ1) is 14.7. The Labute approximate surface area is 133 Å². The fraction of sp³-hybridized carbons (Fsp3) is 0.0556. The van der Waals surface area contributed by atoms with E-state index >= 15 is 0 Å². The number of pyridine rings is 1. The van der Waals surface area contributed by atoms with Crippen molar-refractivity contribution < 1.29 is 4.79 Å². The summed E-state index contributed by atoms with van der Waals surface area (Å²) in [5, 5.41) is 13.9. The lowest BCUT2D eigenvalue weighted by atomic mass is 10.0. The predicted molar refractivity (Wildman–Crippen MR) is 92.5 cm³/mol. The van der Waals surface area contributed by atoms with Crippen LogP contribution in [-0.2, 0) is 4.79 Å². The first-order valence-corrected chi connectivity index (χ1v) is 7.20. The number of nitrogens with zero attached hydrogens (tertiary/aromatic N) is 1. The minimum absolute atomic E-state index is 0.0768. The van der Waals surface area contributed by atoms with Crippen molar-refractivity contribution in [3.05, 3.63) is 60.2 Å². The summed E-state index contributed by atoms with van der Waals surface area (Å²) in [6.45, 7) is 2.04. The van der Waals surface area contributed by atoms with Crippen LogP contribution in [0.4, 0.5) is 5.69 Å². The van der Waals surface area contributed by atoms with Crippen LogP contribution in [0.25, 0.3) is 22.2 Å². The second-order valence-electron chi connectivity index (χ2n) is 5.15. The Hall–Kier alpha value is -3.21. The second kappa shape index (κ2) is 6.27. The quantitative estimate of drug-likeness (QED) is 0.395. The molecule has 5 nitrogen and oxygen atoms in total. The molecule has 1 heterocycles. The molecule has 3 N–H and O–H groups in total. The van der Waals surface area contributed by atoms with Crippen molar-refractivity contribution in [1.82, 2.24) is 10.3 Å². The molecule has 0 saturated carbocycles. The van der Waals surface area contributed by atoms with Crippen LogP contribution in [0, 0.1) is 12.3 Å². The average molecular weight is 304 g/mol. The molecule has 0 unspecified atom stereocenters. The van der Waals surface area contributed by atoms with Crippen LogP contribution in [0.15, 0.2) is 54.6 Å². The van der Waals surface area contributed by atoms with Crippen molar-refractivity contribution in [2.45, 2.75) is 6.92 Å². The van der Waals surface area contributed by atoms with Gasteiger partial charge in [0.1, 0.15) is 0 Å². The van der Waals surface area contributed by atoms with Gasteiger partial charge in [-0.25, -0.2) is 4.98 Å². The zero-order valence-electron chi connectivity index (χ0n) is 12.6. The lowest BCUT2D eigenvalue weighted by Gasteiger charge is -2.13. The Morgan fingerprint density at radius 3 is 2.65 bits per heavy atom. The maximum Gasteiger partial charge on any atom is 0.213 e. The summed E-state index contributed by atoms with van der Waals surface area (Å²) in [4.78, 5) is 15.2. The molecule has 0 fully saturated rings. The highest BCUT2D eigenvalue weighted by atomic mass is 16.1. The minimum Gasteiger partial charge on any atom is -0.325 e. The van der Waals surface area contributed by atoms with E-state index in [0.29, 0.717) is 6.41 Å². The summed E-state index contributed by atoms with van der Waals surface area (Å²) in [7, 11) is 0. The normalized spacial score (nSPS) is 10.3. The predicted octanol–water partition coefficient (Wildman–Crippen LogP) is 3.30. The third-order valence-corrected chi connectivity index (χ3v) is 3.60. The number of anilines is 1. The van der Waals surface area contributed by atoms with Crippen molar-refractivity contribution >= 4 is 29.0 Å².